The molecule has 0 saturated heterocycles. The largest absolute Gasteiger partial charge is 0.303 e. The second-order valence-electron chi connectivity index (χ2n) is 8.92. The van der Waals surface area contributed by atoms with Gasteiger partial charge in [0.25, 0.3) is 0 Å². The summed E-state index contributed by atoms with van der Waals surface area (Å²) in [5.74, 6) is 0.902. The van der Waals surface area contributed by atoms with Crippen LogP contribution in [0, 0.1) is 40.4 Å². The van der Waals surface area contributed by atoms with Gasteiger partial charge in [0.05, 0.1) is 28.2 Å². The highest BCUT2D eigenvalue weighted by molar-refractivity contribution is 6.03. The van der Waals surface area contributed by atoms with Crippen LogP contribution in [0.15, 0.2) is 16.6 Å². The standard InChI is InChI=1S/C22H25NO4/c1-6-21-7-8-22(23-5)19(2,3)18(27)15(13-25)10-20(22,4)17(21)9-16(26)14(11-21)12-24/h1,9,12-15H,5,7-8,10-11H2,2-4H3. The number of ketones is 2. The second kappa shape index (κ2) is 5.82. The van der Waals surface area contributed by atoms with Crippen LogP contribution >= 0.6 is 0 Å². The Balaban J connectivity index is 2.32. The molecule has 5 heteroatoms. The molecule has 5 nitrogen and oxygen atoms in total. The van der Waals surface area contributed by atoms with E-state index >= 15 is 0 Å². The number of carbonyl (C=O) groups excluding carboxylic acids is 4. The number of aldehydes is 2. The highest BCUT2D eigenvalue weighted by Crippen LogP contribution is 2.69. The molecule has 142 valence electrons. The minimum Gasteiger partial charge on any atom is -0.303 e. The first-order valence-corrected chi connectivity index (χ1v) is 9.26. The van der Waals surface area contributed by atoms with Gasteiger partial charge in [-0.3, -0.25) is 14.6 Å². The fourth-order valence-electron chi connectivity index (χ4n) is 6.16. The first-order chi connectivity index (χ1) is 12.6. The van der Waals surface area contributed by atoms with E-state index in [1.165, 1.54) is 6.08 Å². The van der Waals surface area contributed by atoms with E-state index in [-0.39, 0.29) is 24.4 Å². The predicted molar refractivity (Wildman–Crippen MR) is 101 cm³/mol. The Morgan fingerprint density at radius 1 is 1.15 bits per heavy atom. The van der Waals surface area contributed by atoms with Gasteiger partial charge in [0.2, 0.25) is 0 Å². The molecule has 2 fully saturated rings. The van der Waals surface area contributed by atoms with Crippen molar-refractivity contribution in [1.82, 2.24) is 0 Å². The van der Waals surface area contributed by atoms with Gasteiger partial charge in [-0.1, -0.05) is 26.7 Å². The fraction of sp³-hybridized carbons (Fsp3) is 0.591. The SMILES string of the molecule is C#CC12CCC3(N=C)C(C)(C)C(=O)C(C=O)CC3(C)C1=CC(=O)C(C=O)C2. The summed E-state index contributed by atoms with van der Waals surface area (Å²) in [5, 5.41) is 0. The van der Waals surface area contributed by atoms with Gasteiger partial charge < -0.3 is 9.59 Å². The molecule has 27 heavy (non-hydrogen) atoms. The van der Waals surface area contributed by atoms with Crippen LogP contribution in [0.25, 0.3) is 0 Å². The average molecular weight is 367 g/mol. The van der Waals surface area contributed by atoms with Gasteiger partial charge in [-0.2, -0.15) is 0 Å². The molecule has 0 aromatic rings. The highest BCUT2D eigenvalue weighted by Gasteiger charge is 2.70. The molecule has 0 radical (unpaired) electrons. The molecule has 0 amide bonds. The summed E-state index contributed by atoms with van der Waals surface area (Å²) in [4.78, 5) is 53.2. The van der Waals surface area contributed by atoms with Crippen LogP contribution < -0.4 is 0 Å². The molecule has 5 atom stereocenters. The number of rotatable bonds is 3. The Bertz CT molecular complexity index is 832. The zero-order chi connectivity index (χ0) is 20.3. The number of hydrogen-bond acceptors (Lipinski definition) is 5. The lowest BCUT2D eigenvalue weighted by Gasteiger charge is -2.65. The van der Waals surface area contributed by atoms with Crippen molar-refractivity contribution in [3.63, 3.8) is 0 Å². The summed E-state index contributed by atoms with van der Waals surface area (Å²) >= 11 is 0. The van der Waals surface area contributed by atoms with E-state index in [9.17, 15) is 19.2 Å². The second-order valence-corrected chi connectivity index (χ2v) is 8.92. The third kappa shape index (κ3) is 2.10. The number of carbonyl (C=O) groups is 4. The summed E-state index contributed by atoms with van der Waals surface area (Å²) in [6.07, 6.45) is 10.3. The van der Waals surface area contributed by atoms with Crippen molar-refractivity contribution < 1.29 is 19.2 Å². The van der Waals surface area contributed by atoms with Crippen LogP contribution in [0.5, 0.6) is 0 Å². The molecule has 2 saturated carbocycles. The first kappa shape index (κ1) is 19.4. The molecule has 0 bridgehead atoms. The van der Waals surface area contributed by atoms with E-state index in [2.05, 4.69) is 17.6 Å². The van der Waals surface area contributed by atoms with Gasteiger partial charge in [0.15, 0.2) is 11.6 Å². The van der Waals surface area contributed by atoms with Crippen LogP contribution in [0.4, 0.5) is 0 Å². The number of nitrogens with zero attached hydrogens (tertiary/aromatic N) is 1. The Kier molecular flexibility index (Phi) is 4.19. The molecule has 0 spiro atoms. The molecule has 5 unspecified atom stereocenters. The highest BCUT2D eigenvalue weighted by atomic mass is 16.1. The lowest BCUT2D eigenvalue weighted by Crippen LogP contribution is -2.68. The monoisotopic (exact) mass is 367 g/mol. The van der Waals surface area contributed by atoms with Gasteiger partial charge >= 0.3 is 0 Å². The van der Waals surface area contributed by atoms with E-state index in [0.29, 0.717) is 25.4 Å². The van der Waals surface area contributed by atoms with Gasteiger partial charge in [-0.25, -0.2) is 0 Å². The summed E-state index contributed by atoms with van der Waals surface area (Å²) in [6, 6.07) is 0. The van der Waals surface area contributed by atoms with Crippen molar-refractivity contribution in [2.75, 3.05) is 0 Å². The van der Waals surface area contributed by atoms with E-state index in [1.54, 1.807) is 13.8 Å². The molecular formula is C22H25NO4. The third-order valence-electron chi connectivity index (χ3n) is 7.65. The van der Waals surface area contributed by atoms with Crippen molar-refractivity contribution in [2.45, 2.75) is 52.0 Å². The zero-order valence-electron chi connectivity index (χ0n) is 16.1. The first-order valence-electron chi connectivity index (χ1n) is 9.26. The Morgan fingerprint density at radius 2 is 1.78 bits per heavy atom. The number of fused-ring (bicyclic) bond motifs is 3. The topological polar surface area (TPSA) is 80.6 Å². The van der Waals surface area contributed by atoms with Crippen molar-refractivity contribution in [2.24, 2.45) is 33.1 Å². The predicted octanol–water partition coefficient (Wildman–Crippen LogP) is 2.37. The zero-order valence-corrected chi connectivity index (χ0v) is 16.1. The van der Waals surface area contributed by atoms with Crippen LogP contribution in [0.1, 0.15) is 46.5 Å². The minimum atomic E-state index is -0.931. The summed E-state index contributed by atoms with van der Waals surface area (Å²) in [6.45, 7) is 9.37. The normalized spacial score (nSPS) is 42.8. The van der Waals surface area contributed by atoms with Crippen LogP contribution in [0.2, 0.25) is 0 Å². The Hall–Kier alpha value is -2.35. The van der Waals surface area contributed by atoms with E-state index in [4.69, 9.17) is 6.42 Å². The average Bonchev–Trinajstić information content (AvgIpc) is 2.65. The third-order valence-corrected chi connectivity index (χ3v) is 7.65. The van der Waals surface area contributed by atoms with Crippen molar-refractivity contribution in [1.29, 1.82) is 0 Å². The maximum absolute atomic E-state index is 13.0. The number of terminal acetylenes is 1. The Labute approximate surface area is 159 Å². The van der Waals surface area contributed by atoms with Gasteiger partial charge in [-0.05, 0) is 44.0 Å². The summed E-state index contributed by atoms with van der Waals surface area (Å²) in [7, 11) is 0. The van der Waals surface area contributed by atoms with E-state index < -0.39 is 33.6 Å². The Morgan fingerprint density at radius 3 is 2.30 bits per heavy atom. The fourth-order valence-corrected chi connectivity index (χ4v) is 6.16. The molecule has 0 N–H and O–H groups in total. The van der Waals surface area contributed by atoms with Gasteiger partial charge in [0, 0.05) is 5.41 Å². The van der Waals surface area contributed by atoms with Gasteiger partial charge in [-0.15, -0.1) is 6.42 Å². The molecule has 3 aliphatic rings. The number of aliphatic imine (C=N–C) groups is 1. The molecular weight excluding hydrogens is 342 g/mol. The number of Topliss-reactive ketones (excluding diaryl/α,β-unsaturated/α-hetero) is 1. The van der Waals surface area contributed by atoms with Gasteiger partial charge in [0.1, 0.15) is 12.6 Å². The molecule has 0 heterocycles. The number of allylic oxidation sites excluding steroid dienone is 1. The molecule has 0 aliphatic heterocycles. The lowest BCUT2D eigenvalue weighted by atomic mass is 9.38. The smallest absolute Gasteiger partial charge is 0.165 e. The van der Waals surface area contributed by atoms with E-state index in [0.717, 1.165) is 5.57 Å². The maximum atomic E-state index is 13.0. The molecule has 3 rings (SSSR count). The summed E-state index contributed by atoms with van der Waals surface area (Å²) < 4.78 is 0. The number of hydrogen-bond donors (Lipinski definition) is 0. The minimum absolute atomic E-state index is 0.149. The van der Waals surface area contributed by atoms with Crippen molar-refractivity contribution in [3.05, 3.63) is 11.6 Å². The van der Waals surface area contributed by atoms with Crippen LogP contribution in [0.3, 0.4) is 0 Å². The quantitative estimate of drug-likeness (QED) is 0.332. The van der Waals surface area contributed by atoms with E-state index in [1.807, 2.05) is 6.92 Å². The van der Waals surface area contributed by atoms with Crippen LogP contribution in [-0.4, -0.2) is 36.4 Å². The molecule has 0 aromatic heterocycles. The lowest BCUT2D eigenvalue weighted by molar-refractivity contribution is -0.153. The van der Waals surface area contributed by atoms with Crippen LogP contribution in [-0.2, 0) is 19.2 Å². The maximum Gasteiger partial charge on any atom is 0.165 e. The summed E-state index contributed by atoms with van der Waals surface area (Å²) in [5.41, 5.74) is -2.58. The molecule has 3 aliphatic carbocycles. The van der Waals surface area contributed by atoms with Crippen molar-refractivity contribution in [3.8, 4) is 12.3 Å². The van der Waals surface area contributed by atoms with Crippen molar-refractivity contribution >= 4 is 30.9 Å². The molecule has 0 aromatic carbocycles.